The number of thiazole rings is 1. The van der Waals surface area contributed by atoms with E-state index >= 15 is 0 Å². The molecule has 0 radical (unpaired) electrons. The lowest BCUT2D eigenvalue weighted by atomic mass is 10.2. The second kappa shape index (κ2) is 5.73. The second-order valence-corrected chi connectivity index (χ2v) is 5.85. The van der Waals surface area contributed by atoms with Crippen LogP contribution < -0.4 is 5.32 Å². The van der Waals surface area contributed by atoms with Gasteiger partial charge >= 0.3 is 0 Å². The third-order valence-corrected chi connectivity index (χ3v) is 4.25. The van der Waals surface area contributed by atoms with Crippen molar-refractivity contribution in [1.29, 1.82) is 0 Å². The molecule has 5 heteroatoms. The Balaban J connectivity index is 1.61. The van der Waals surface area contributed by atoms with E-state index < -0.39 is 0 Å². The zero-order valence-corrected chi connectivity index (χ0v) is 12.4. The molecule has 1 aromatic carbocycles. The number of fused-ring (bicyclic) bond motifs is 1. The molecule has 0 bridgehead atoms. The van der Waals surface area contributed by atoms with Gasteiger partial charge in [0, 0.05) is 23.9 Å². The van der Waals surface area contributed by atoms with Gasteiger partial charge in [-0.05, 0) is 19.1 Å². The molecule has 0 aliphatic carbocycles. The molecule has 0 saturated heterocycles. The first kappa shape index (κ1) is 13.3. The van der Waals surface area contributed by atoms with E-state index in [0.29, 0.717) is 0 Å². The van der Waals surface area contributed by atoms with Crippen LogP contribution in [0.25, 0.3) is 11.1 Å². The van der Waals surface area contributed by atoms with Gasteiger partial charge in [-0.15, -0.1) is 11.3 Å². The number of rotatable bonds is 5. The van der Waals surface area contributed by atoms with Crippen LogP contribution in [0, 0.1) is 6.92 Å². The lowest BCUT2D eigenvalue weighted by molar-refractivity contribution is 0.466. The van der Waals surface area contributed by atoms with Gasteiger partial charge < -0.3 is 9.73 Å². The zero-order chi connectivity index (χ0) is 13.9. The Bertz CT molecular complexity index is 671. The maximum absolute atomic E-state index is 5.78. The standard InChI is InChI=1S/C15H17N3OS/c1-10(7-16-8-14-11(2)17-9-20-14)15-18-12-5-3-4-6-13(12)19-15/h3-6,9-10,16H,7-8H2,1-2H3/t10-/m1/s1. The molecule has 0 amide bonds. The summed E-state index contributed by atoms with van der Waals surface area (Å²) >= 11 is 1.69. The third kappa shape index (κ3) is 2.73. The van der Waals surface area contributed by atoms with E-state index in [1.807, 2.05) is 36.7 Å². The summed E-state index contributed by atoms with van der Waals surface area (Å²) in [6.07, 6.45) is 0. The smallest absolute Gasteiger partial charge is 0.199 e. The van der Waals surface area contributed by atoms with Crippen LogP contribution in [0.15, 0.2) is 34.2 Å². The molecule has 0 aliphatic heterocycles. The number of hydrogen-bond donors (Lipinski definition) is 1. The van der Waals surface area contributed by atoms with Gasteiger partial charge in [0.1, 0.15) is 5.52 Å². The highest BCUT2D eigenvalue weighted by Crippen LogP contribution is 2.21. The summed E-state index contributed by atoms with van der Waals surface area (Å²) in [7, 11) is 0. The first-order valence-corrected chi connectivity index (χ1v) is 7.57. The van der Waals surface area contributed by atoms with Crippen LogP contribution in [0.3, 0.4) is 0 Å². The molecule has 1 N–H and O–H groups in total. The first-order valence-electron chi connectivity index (χ1n) is 6.69. The lowest BCUT2D eigenvalue weighted by Crippen LogP contribution is -2.19. The summed E-state index contributed by atoms with van der Waals surface area (Å²) < 4.78 is 5.78. The van der Waals surface area contributed by atoms with Crippen molar-refractivity contribution in [2.45, 2.75) is 26.3 Å². The van der Waals surface area contributed by atoms with E-state index in [2.05, 4.69) is 22.2 Å². The van der Waals surface area contributed by atoms with Gasteiger partial charge in [-0.1, -0.05) is 19.1 Å². The minimum absolute atomic E-state index is 0.246. The van der Waals surface area contributed by atoms with Crippen molar-refractivity contribution in [3.05, 3.63) is 46.2 Å². The van der Waals surface area contributed by atoms with Gasteiger partial charge in [0.15, 0.2) is 11.5 Å². The Hall–Kier alpha value is -1.72. The van der Waals surface area contributed by atoms with Crippen molar-refractivity contribution >= 4 is 22.4 Å². The second-order valence-electron chi connectivity index (χ2n) is 4.91. The molecule has 0 aliphatic rings. The molecule has 3 rings (SSSR count). The maximum atomic E-state index is 5.78. The number of aryl methyl sites for hydroxylation is 1. The van der Waals surface area contributed by atoms with Crippen LogP contribution in [0.4, 0.5) is 0 Å². The monoisotopic (exact) mass is 287 g/mol. The van der Waals surface area contributed by atoms with Gasteiger partial charge in [0.05, 0.1) is 11.2 Å². The zero-order valence-electron chi connectivity index (χ0n) is 11.6. The predicted molar refractivity (Wildman–Crippen MR) is 81.0 cm³/mol. The average molecular weight is 287 g/mol. The molecule has 2 heterocycles. The molecule has 0 saturated carbocycles. The van der Waals surface area contributed by atoms with E-state index in [0.717, 1.165) is 35.8 Å². The van der Waals surface area contributed by atoms with Gasteiger partial charge in [-0.2, -0.15) is 0 Å². The van der Waals surface area contributed by atoms with Crippen molar-refractivity contribution in [3.8, 4) is 0 Å². The fourth-order valence-electron chi connectivity index (χ4n) is 2.09. The van der Waals surface area contributed by atoms with Crippen molar-refractivity contribution in [3.63, 3.8) is 0 Å². The van der Waals surface area contributed by atoms with Gasteiger partial charge in [0.25, 0.3) is 0 Å². The summed E-state index contributed by atoms with van der Waals surface area (Å²) in [6.45, 7) is 5.85. The molecule has 3 aromatic rings. The Morgan fingerprint density at radius 1 is 1.35 bits per heavy atom. The van der Waals surface area contributed by atoms with Gasteiger partial charge in [0.2, 0.25) is 0 Å². The highest BCUT2D eigenvalue weighted by atomic mass is 32.1. The topological polar surface area (TPSA) is 51.0 Å². The Labute approximate surface area is 121 Å². The number of aromatic nitrogens is 2. The minimum atomic E-state index is 0.246. The number of nitrogens with one attached hydrogen (secondary N) is 1. The number of nitrogens with zero attached hydrogens (tertiary/aromatic N) is 2. The van der Waals surface area contributed by atoms with Crippen LogP contribution in [0.5, 0.6) is 0 Å². The Morgan fingerprint density at radius 3 is 2.95 bits per heavy atom. The molecule has 0 unspecified atom stereocenters. The Morgan fingerprint density at radius 2 is 2.20 bits per heavy atom. The van der Waals surface area contributed by atoms with Crippen molar-refractivity contribution in [1.82, 2.24) is 15.3 Å². The van der Waals surface area contributed by atoms with Gasteiger partial charge in [-0.3, -0.25) is 0 Å². The summed E-state index contributed by atoms with van der Waals surface area (Å²) in [4.78, 5) is 10.1. The van der Waals surface area contributed by atoms with E-state index in [1.165, 1.54) is 4.88 Å². The van der Waals surface area contributed by atoms with E-state index in [1.54, 1.807) is 11.3 Å². The van der Waals surface area contributed by atoms with E-state index in [4.69, 9.17) is 4.42 Å². The van der Waals surface area contributed by atoms with Gasteiger partial charge in [-0.25, -0.2) is 9.97 Å². The summed E-state index contributed by atoms with van der Waals surface area (Å²) in [5.74, 6) is 1.04. The summed E-state index contributed by atoms with van der Waals surface area (Å²) in [6, 6.07) is 7.87. The summed E-state index contributed by atoms with van der Waals surface area (Å²) in [5, 5.41) is 3.44. The number of para-hydroxylation sites is 2. The first-order chi connectivity index (χ1) is 9.74. The molecule has 104 valence electrons. The van der Waals surface area contributed by atoms with Crippen molar-refractivity contribution in [2.75, 3.05) is 6.54 Å². The highest BCUT2D eigenvalue weighted by Gasteiger charge is 2.13. The summed E-state index contributed by atoms with van der Waals surface area (Å²) in [5.41, 5.74) is 4.77. The van der Waals surface area contributed by atoms with Crippen LogP contribution in [-0.4, -0.2) is 16.5 Å². The molecular formula is C15H17N3OS. The molecule has 0 spiro atoms. The third-order valence-electron chi connectivity index (χ3n) is 3.31. The molecular weight excluding hydrogens is 270 g/mol. The maximum Gasteiger partial charge on any atom is 0.199 e. The lowest BCUT2D eigenvalue weighted by Gasteiger charge is -2.08. The fourth-order valence-corrected chi connectivity index (χ4v) is 2.83. The highest BCUT2D eigenvalue weighted by molar-refractivity contribution is 7.09. The molecule has 2 aromatic heterocycles. The quantitative estimate of drug-likeness (QED) is 0.780. The van der Waals surface area contributed by atoms with Crippen LogP contribution >= 0.6 is 11.3 Å². The Kier molecular flexibility index (Phi) is 3.80. The van der Waals surface area contributed by atoms with Crippen LogP contribution in [-0.2, 0) is 6.54 Å². The fraction of sp³-hybridized carbons (Fsp3) is 0.333. The normalized spacial score (nSPS) is 12.9. The predicted octanol–water partition coefficient (Wildman–Crippen LogP) is 3.49. The number of benzene rings is 1. The van der Waals surface area contributed by atoms with Crippen molar-refractivity contribution < 1.29 is 4.42 Å². The van der Waals surface area contributed by atoms with E-state index in [9.17, 15) is 0 Å². The molecule has 0 fully saturated rings. The largest absolute Gasteiger partial charge is 0.440 e. The van der Waals surface area contributed by atoms with Crippen LogP contribution in [0.2, 0.25) is 0 Å². The molecule has 20 heavy (non-hydrogen) atoms. The molecule has 1 atom stereocenters. The number of hydrogen-bond acceptors (Lipinski definition) is 5. The average Bonchev–Trinajstić information content (AvgIpc) is 3.05. The minimum Gasteiger partial charge on any atom is -0.440 e. The van der Waals surface area contributed by atoms with E-state index in [-0.39, 0.29) is 5.92 Å². The number of oxazole rings is 1. The molecule has 4 nitrogen and oxygen atoms in total. The SMILES string of the molecule is Cc1ncsc1CNC[C@@H](C)c1nc2ccccc2o1. The van der Waals surface area contributed by atoms with Crippen LogP contribution in [0.1, 0.15) is 29.3 Å². The van der Waals surface area contributed by atoms with Crippen molar-refractivity contribution in [2.24, 2.45) is 0 Å².